The number of carbonyl (C=O) groups excluding carboxylic acids is 5. The smallest absolute Gasteiger partial charge is 0.418 e. The number of nitrogens with one attached hydrogen (secondary N) is 2. The number of esters is 2. The Kier molecular flexibility index (Phi) is 15.4. The van der Waals surface area contributed by atoms with Gasteiger partial charge in [-0.2, -0.15) is 13.2 Å². The molecule has 4 aliphatic heterocycles. The molecule has 346 valence electrons. The number of anilines is 2. The minimum absolute atomic E-state index is 0.0304. The van der Waals surface area contributed by atoms with E-state index in [0.29, 0.717) is 77.7 Å². The molecule has 0 aliphatic carbocycles. The van der Waals surface area contributed by atoms with Gasteiger partial charge in [0.05, 0.1) is 22.9 Å². The van der Waals surface area contributed by atoms with Crippen LogP contribution in [0.1, 0.15) is 82.9 Å². The summed E-state index contributed by atoms with van der Waals surface area (Å²) >= 11 is 6.16. The highest BCUT2D eigenvalue weighted by Gasteiger charge is 2.40. The normalized spacial score (nSPS) is 19.7. The van der Waals surface area contributed by atoms with Crippen LogP contribution >= 0.6 is 11.6 Å². The quantitative estimate of drug-likeness (QED) is 0.107. The number of carbonyl (C=O) groups is 5. The molecule has 15 nitrogen and oxygen atoms in total. The Morgan fingerprint density at radius 3 is 2.16 bits per heavy atom. The summed E-state index contributed by atoms with van der Waals surface area (Å²) in [5.41, 5.74) is 4.96. The summed E-state index contributed by atoms with van der Waals surface area (Å²) in [5.74, 6) is -1.92. The van der Waals surface area contributed by atoms with E-state index in [1.807, 2.05) is 24.3 Å². The number of rotatable bonds is 11. The molecular weight excluding hydrogens is 847 g/mol. The van der Waals surface area contributed by atoms with E-state index in [-0.39, 0.29) is 60.9 Å². The fraction of sp³-hybridized carbons (Fsp3) is 0.614. The summed E-state index contributed by atoms with van der Waals surface area (Å²) < 4.78 is 58.4. The molecule has 4 N–H and O–H groups in total. The van der Waals surface area contributed by atoms with Gasteiger partial charge in [0.25, 0.3) is 5.91 Å². The van der Waals surface area contributed by atoms with Gasteiger partial charge in [0.2, 0.25) is 6.04 Å². The summed E-state index contributed by atoms with van der Waals surface area (Å²) in [6.07, 6.45) is -3.30. The van der Waals surface area contributed by atoms with Crippen molar-refractivity contribution >= 4 is 52.9 Å². The number of alkyl halides is 3. The second-order valence-corrected chi connectivity index (χ2v) is 18.0. The van der Waals surface area contributed by atoms with Crippen LogP contribution in [-0.4, -0.2) is 138 Å². The van der Waals surface area contributed by atoms with Crippen molar-refractivity contribution in [2.24, 2.45) is 0 Å². The molecule has 0 spiro atoms. The lowest BCUT2D eigenvalue weighted by Crippen LogP contribution is -2.56. The van der Waals surface area contributed by atoms with Crippen molar-refractivity contribution in [3.63, 3.8) is 0 Å². The Morgan fingerprint density at radius 2 is 1.52 bits per heavy atom. The molecule has 0 saturated carbocycles. The van der Waals surface area contributed by atoms with Crippen LogP contribution in [0.5, 0.6) is 0 Å². The van der Waals surface area contributed by atoms with Crippen LogP contribution in [-0.2, 0) is 47.6 Å². The Morgan fingerprint density at radius 1 is 0.889 bits per heavy atom. The van der Waals surface area contributed by atoms with Gasteiger partial charge >= 0.3 is 30.2 Å². The van der Waals surface area contributed by atoms with Gasteiger partial charge in [0.15, 0.2) is 6.10 Å². The van der Waals surface area contributed by atoms with E-state index >= 15 is 0 Å². The second kappa shape index (κ2) is 20.4. The molecule has 4 aliphatic rings. The van der Waals surface area contributed by atoms with Crippen molar-refractivity contribution in [2.45, 2.75) is 121 Å². The maximum absolute atomic E-state index is 14.2. The zero-order valence-corrected chi connectivity index (χ0v) is 37.1. The standard InChI is InChI=1S/C44H59ClF3N7O8/c1-5-61-39(57)37(40(58)63-43(2,3)4)50-29-11-17-52(18-12-29)30-13-19-53(20-14-30)38(56)35(26-27-24-32(44(46,47)48)36(49)33(45)25-27)62-42(60)54-21-15-31(16-22-54)55-23-10-28-8-6-7-9-34(28)51-41(55)59/h6-9,24-25,29-31,35,37,50H,5,10-23,26,49H2,1-4H3,(H,51,59)/t35?,37-/m1/s1. The third-order valence-electron chi connectivity index (χ3n) is 12.1. The number of ether oxygens (including phenoxy) is 3. The van der Waals surface area contributed by atoms with Crippen LogP contribution in [0.15, 0.2) is 36.4 Å². The third-order valence-corrected chi connectivity index (χ3v) is 12.4. The summed E-state index contributed by atoms with van der Waals surface area (Å²) in [7, 11) is 0. The molecule has 0 bridgehead atoms. The largest absolute Gasteiger partial charge is 0.464 e. The molecule has 2 aromatic carbocycles. The van der Waals surface area contributed by atoms with E-state index in [9.17, 15) is 37.1 Å². The van der Waals surface area contributed by atoms with Crippen LogP contribution in [0.3, 0.4) is 0 Å². The van der Waals surface area contributed by atoms with E-state index in [1.54, 1.807) is 37.5 Å². The number of amides is 4. The highest BCUT2D eigenvalue weighted by Crippen LogP contribution is 2.38. The fourth-order valence-electron chi connectivity index (χ4n) is 8.85. The van der Waals surface area contributed by atoms with Gasteiger partial charge in [0, 0.05) is 63.0 Å². The number of halogens is 4. The number of piperidine rings is 3. The van der Waals surface area contributed by atoms with Crippen molar-refractivity contribution in [3.05, 3.63) is 58.1 Å². The molecule has 2 atom stereocenters. The minimum atomic E-state index is -4.82. The van der Waals surface area contributed by atoms with Gasteiger partial charge < -0.3 is 44.9 Å². The van der Waals surface area contributed by atoms with Gasteiger partial charge in [-0.15, -0.1) is 0 Å². The fourth-order valence-corrected chi connectivity index (χ4v) is 9.10. The van der Waals surface area contributed by atoms with Gasteiger partial charge in [-0.05, 0) is 115 Å². The summed E-state index contributed by atoms with van der Waals surface area (Å²) in [6.45, 7) is 9.96. The monoisotopic (exact) mass is 905 g/mol. The van der Waals surface area contributed by atoms with Crippen molar-refractivity contribution in [1.29, 1.82) is 0 Å². The summed E-state index contributed by atoms with van der Waals surface area (Å²) in [6, 6.07) is 8.10. The number of para-hydroxylation sites is 1. The average molecular weight is 906 g/mol. The number of nitrogen functional groups attached to an aromatic ring is 1. The molecule has 19 heteroatoms. The SMILES string of the molecule is CCOC(=O)[C@@H](NC1CCN(C2CCN(C(=O)C(Cc3cc(Cl)c(N)c(C(F)(F)F)c3)OC(=O)N3CCC(N4CCc5ccccc5NC4=O)CC3)CC2)CC1)C(=O)OC(C)(C)C. The number of benzene rings is 2. The van der Waals surface area contributed by atoms with E-state index in [4.69, 9.17) is 31.5 Å². The average Bonchev–Trinajstić information content (AvgIpc) is 3.40. The number of hydrogen-bond donors (Lipinski definition) is 3. The van der Waals surface area contributed by atoms with Crippen molar-refractivity contribution < 1.29 is 51.4 Å². The highest BCUT2D eigenvalue weighted by molar-refractivity contribution is 6.33. The first kappa shape index (κ1) is 47.7. The molecule has 0 radical (unpaired) electrons. The van der Waals surface area contributed by atoms with Gasteiger partial charge in [-0.25, -0.2) is 19.2 Å². The van der Waals surface area contributed by atoms with Crippen LogP contribution in [0, 0.1) is 0 Å². The van der Waals surface area contributed by atoms with Crippen molar-refractivity contribution in [2.75, 3.05) is 63.5 Å². The van der Waals surface area contributed by atoms with E-state index in [2.05, 4.69) is 15.5 Å². The molecule has 3 saturated heterocycles. The molecule has 4 amide bonds. The Balaban J connectivity index is 1.07. The number of nitrogens with zero attached hydrogens (tertiary/aromatic N) is 4. The van der Waals surface area contributed by atoms with Crippen LogP contribution in [0.4, 0.5) is 34.1 Å². The number of nitrogens with two attached hydrogens (primary N) is 1. The first-order valence-corrected chi connectivity index (χ1v) is 22.1. The maximum atomic E-state index is 14.2. The molecule has 0 aromatic heterocycles. The zero-order chi connectivity index (χ0) is 45.6. The predicted molar refractivity (Wildman–Crippen MR) is 229 cm³/mol. The Hall–Kier alpha value is -4.81. The molecule has 4 heterocycles. The first-order chi connectivity index (χ1) is 29.8. The van der Waals surface area contributed by atoms with Crippen molar-refractivity contribution in [3.8, 4) is 0 Å². The maximum Gasteiger partial charge on any atom is 0.418 e. The Bertz CT molecular complexity index is 1980. The van der Waals surface area contributed by atoms with Crippen molar-refractivity contribution in [1.82, 2.24) is 24.9 Å². The highest BCUT2D eigenvalue weighted by atomic mass is 35.5. The van der Waals surface area contributed by atoms with Gasteiger partial charge in [0.1, 0.15) is 5.60 Å². The topological polar surface area (TPSA) is 176 Å². The lowest BCUT2D eigenvalue weighted by Gasteiger charge is -2.42. The first-order valence-electron chi connectivity index (χ1n) is 21.8. The summed E-state index contributed by atoms with van der Waals surface area (Å²) in [5, 5.41) is 5.80. The molecular formula is C44H59ClF3N7O8. The molecule has 2 aromatic rings. The number of hydrogen-bond acceptors (Lipinski definition) is 11. The van der Waals surface area contributed by atoms with E-state index in [1.165, 1.54) is 11.0 Å². The number of fused-ring (bicyclic) bond motifs is 1. The lowest BCUT2D eigenvalue weighted by molar-refractivity contribution is -0.166. The minimum Gasteiger partial charge on any atom is -0.464 e. The van der Waals surface area contributed by atoms with E-state index < -0.39 is 59.1 Å². The predicted octanol–water partition coefficient (Wildman–Crippen LogP) is 5.86. The molecule has 6 rings (SSSR count). The second-order valence-electron chi connectivity index (χ2n) is 17.6. The zero-order valence-electron chi connectivity index (χ0n) is 36.3. The summed E-state index contributed by atoms with van der Waals surface area (Å²) in [4.78, 5) is 73.9. The molecule has 3 fully saturated rings. The molecule has 63 heavy (non-hydrogen) atoms. The van der Waals surface area contributed by atoms with E-state index in [0.717, 1.165) is 17.3 Å². The van der Waals surface area contributed by atoms with Crippen LogP contribution < -0.4 is 16.4 Å². The third kappa shape index (κ3) is 12.3. The lowest BCUT2D eigenvalue weighted by atomic mass is 9.96. The molecule has 1 unspecified atom stereocenters. The van der Waals surface area contributed by atoms with Crippen LogP contribution in [0.25, 0.3) is 0 Å². The Labute approximate surface area is 371 Å². The van der Waals surface area contributed by atoms with Crippen LogP contribution in [0.2, 0.25) is 5.02 Å². The van der Waals surface area contributed by atoms with Gasteiger partial charge in [-0.1, -0.05) is 29.8 Å². The van der Waals surface area contributed by atoms with Gasteiger partial charge in [-0.3, -0.25) is 10.1 Å². The number of urea groups is 1. The number of likely N-dealkylation sites (tertiary alicyclic amines) is 3.